The molecule has 2 aromatic rings. The predicted molar refractivity (Wildman–Crippen MR) is 66.6 cm³/mol. The van der Waals surface area contributed by atoms with Gasteiger partial charge in [0.15, 0.2) is 5.51 Å². The van der Waals surface area contributed by atoms with E-state index in [0.717, 1.165) is 12.1 Å². The molecular weight excluding hydrogens is 265 g/mol. The van der Waals surface area contributed by atoms with Crippen LogP contribution in [0.25, 0.3) is 0 Å². The topological polar surface area (TPSA) is 22.1 Å². The molecule has 0 saturated heterocycles. The fraction of sp³-hybridized carbons (Fsp3) is 0.182. The van der Waals surface area contributed by atoms with Gasteiger partial charge in [-0.05, 0) is 12.1 Å². The highest BCUT2D eigenvalue weighted by Crippen LogP contribution is 2.26. The molecule has 0 aliphatic rings. The minimum atomic E-state index is 0.501. The average molecular weight is 273 g/mol. The van der Waals surface area contributed by atoms with Gasteiger partial charge < -0.3 is 4.74 Å². The second-order valence-electron chi connectivity index (χ2n) is 3.10. The minimum Gasteiger partial charge on any atom is -0.493 e. The summed E-state index contributed by atoms with van der Waals surface area (Å²) in [5, 5.41) is 2.99. The summed E-state index contributed by atoms with van der Waals surface area (Å²) in [6.07, 6.45) is 0.764. The zero-order valence-electron chi connectivity index (χ0n) is 8.24. The van der Waals surface area contributed by atoms with Gasteiger partial charge in [-0.3, -0.25) is 0 Å². The minimum absolute atomic E-state index is 0.501. The molecule has 0 unspecified atom stereocenters. The van der Waals surface area contributed by atoms with Crippen LogP contribution in [0.2, 0.25) is 10.0 Å². The van der Waals surface area contributed by atoms with Gasteiger partial charge in [-0.1, -0.05) is 23.2 Å². The Morgan fingerprint density at radius 3 is 2.88 bits per heavy atom. The monoisotopic (exact) mass is 272 g/mol. The molecule has 1 radical (unpaired) electrons. The SMILES string of the molecule is Clc1ccc(OCCc2cs[c]n2)cc1Cl. The molecule has 1 aromatic heterocycles. The summed E-state index contributed by atoms with van der Waals surface area (Å²) in [5.41, 5.74) is 3.78. The molecule has 0 atom stereocenters. The average Bonchev–Trinajstić information content (AvgIpc) is 2.76. The lowest BCUT2D eigenvalue weighted by atomic mass is 10.3. The maximum Gasteiger partial charge on any atom is 0.152 e. The van der Waals surface area contributed by atoms with Gasteiger partial charge in [0.1, 0.15) is 5.75 Å². The van der Waals surface area contributed by atoms with Crippen molar-refractivity contribution in [1.82, 2.24) is 4.98 Å². The lowest BCUT2D eigenvalue weighted by molar-refractivity contribution is 0.321. The second kappa shape index (κ2) is 5.53. The number of aromatic nitrogens is 1. The quantitative estimate of drug-likeness (QED) is 0.843. The lowest BCUT2D eigenvalue weighted by Gasteiger charge is -2.05. The standard InChI is InChI=1S/C11H8Cl2NOS/c12-10-2-1-9(5-11(10)13)15-4-3-8-6-16-7-14-8/h1-2,5-6H,3-4H2. The third-order valence-corrected chi connectivity index (χ3v) is 3.28. The normalized spacial score (nSPS) is 10.4. The molecule has 1 heterocycles. The number of hydrogen-bond donors (Lipinski definition) is 0. The van der Waals surface area contributed by atoms with Gasteiger partial charge >= 0.3 is 0 Å². The number of ether oxygens (including phenoxy) is 1. The molecule has 0 N–H and O–H groups in total. The highest BCUT2D eigenvalue weighted by atomic mass is 35.5. The van der Waals surface area contributed by atoms with Crippen molar-refractivity contribution in [2.24, 2.45) is 0 Å². The van der Waals surface area contributed by atoms with Crippen LogP contribution in [0, 0.1) is 5.51 Å². The van der Waals surface area contributed by atoms with Crippen molar-refractivity contribution in [3.05, 3.63) is 44.8 Å². The Bertz CT molecular complexity index is 459. The number of thiazole rings is 1. The van der Waals surface area contributed by atoms with Gasteiger partial charge in [-0.2, -0.15) is 0 Å². The van der Waals surface area contributed by atoms with E-state index >= 15 is 0 Å². The molecule has 1 aromatic carbocycles. The Morgan fingerprint density at radius 2 is 2.19 bits per heavy atom. The summed E-state index contributed by atoms with van der Waals surface area (Å²) in [6.45, 7) is 0.565. The van der Waals surface area contributed by atoms with Crippen molar-refractivity contribution in [2.75, 3.05) is 6.61 Å². The van der Waals surface area contributed by atoms with Crippen molar-refractivity contribution >= 4 is 34.5 Å². The molecule has 0 spiro atoms. The Labute approximate surface area is 108 Å². The van der Waals surface area contributed by atoms with Crippen LogP contribution >= 0.6 is 34.5 Å². The van der Waals surface area contributed by atoms with Crippen molar-refractivity contribution in [3.8, 4) is 5.75 Å². The first-order valence-electron chi connectivity index (χ1n) is 4.64. The molecular formula is C11H8Cl2NOS. The van der Waals surface area contributed by atoms with Crippen LogP contribution in [-0.4, -0.2) is 11.6 Å². The fourth-order valence-electron chi connectivity index (χ4n) is 1.16. The number of benzene rings is 1. The van der Waals surface area contributed by atoms with Crippen LogP contribution in [0.15, 0.2) is 23.6 Å². The Balaban J connectivity index is 1.87. The molecule has 0 bridgehead atoms. The summed E-state index contributed by atoms with van der Waals surface area (Å²) < 4.78 is 5.52. The van der Waals surface area contributed by atoms with Gasteiger partial charge in [-0.15, -0.1) is 11.3 Å². The summed E-state index contributed by atoms with van der Waals surface area (Å²) >= 11 is 13.1. The van der Waals surface area contributed by atoms with Gasteiger partial charge in [0.05, 0.1) is 22.3 Å². The van der Waals surface area contributed by atoms with Gasteiger partial charge in [0, 0.05) is 17.9 Å². The molecule has 2 nitrogen and oxygen atoms in total. The number of rotatable bonds is 4. The molecule has 2 rings (SSSR count). The molecule has 0 aliphatic carbocycles. The molecule has 16 heavy (non-hydrogen) atoms. The van der Waals surface area contributed by atoms with E-state index in [1.165, 1.54) is 11.3 Å². The molecule has 0 aliphatic heterocycles. The largest absolute Gasteiger partial charge is 0.493 e. The van der Waals surface area contributed by atoms with E-state index in [4.69, 9.17) is 27.9 Å². The maximum absolute atomic E-state index is 5.86. The summed E-state index contributed by atoms with van der Waals surface area (Å²) in [4.78, 5) is 4.05. The molecule has 0 saturated carbocycles. The zero-order chi connectivity index (χ0) is 11.4. The van der Waals surface area contributed by atoms with E-state index in [9.17, 15) is 0 Å². The van der Waals surface area contributed by atoms with Crippen LogP contribution in [-0.2, 0) is 6.42 Å². The van der Waals surface area contributed by atoms with Crippen molar-refractivity contribution < 1.29 is 4.74 Å². The lowest BCUT2D eigenvalue weighted by Crippen LogP contribution is -2.01. The Hall–Kier alpha value is -0.770. The summed E-state index contributed by atoms with van der Waals surface area (Å²) in [6, 6.07) is 5.22. The highest BCUT2D eigenvalue weighted by molar-refractivity contribution is 7.07. The smallest absolute Gasteiger partial charge is 0.152 e. The van der Waals surface area contributed by atoms with Crippen LogP contribution in [0.4, 0.5) is 0 Å². The van der Waals surface area contributed by atoms with Gasteiger partial charge in [-0.25, -0.2) is 4.98 Å². The Morgan fingerprint density at radius 1 is 1.31 bits per heavy atom. The molecule has 83 valence electrons. The first kappa shape index (κ1) is 11.7. The van der Waals surface area contributed by atoms with Gasteiger partial charge in [0.2, 0.25) is 0 Å². The van der Waals surface area contributed by atoms with Crippen molar-refractivity contribution in [2.45, 2.75) is 6.42 Å². The van der Waals surface area contributed by atoms with Crippen LogP contribution in [0.5, 0.6) is 5.75 Å². The van der Waals surface area contributed by atoms with E-state index in [0.29, 0.717) is 22.4 Å². The van der Waals surface area contributed by atoms with Crippen LogP contribution < -0.4 is 4.74 Å². The second-order valence-corrected chi connectivity index (χ2v) is 4.57. The Kier molecular flexibility index (Phi) is 4.04. The van der Waals surface area contributed by atoms with Crippen molar-refractivity contribution in [3.63, 3.8) is 0 Å². The first-order chi connectivity index (χ1) is 7.75. The summed E-state index contributed by atoms with van der Waals surface area (Å²) in [7, 11) is 0. The number of hydrogen-bond acceptors (Lipinski definition) is 3. The third kappa shape index (κ3) is 3.11. The third-order valence-electron chi connectivity index (χ3n) is 1.95. The molecule has 0 amide bonds. The number of nitrogens with zero attached hydrogens (tertiary/aromatic N) is 1. The van der Waals surface area contributed by atoms with E-state index < -0.39 is 0 Å². The molecule has 5 heteroatoms. The molecule has 0 fully saturated rings. The maximum atomic E-state index is 5.86. The predicted octanol–water partition coefficient (Wildman–Crippen LogP) is 3.87. The van der Waals surface area contributed by atoms with Gasteiger partial charge in [0.25, 0.3) is 0 Å². The van der Waals surface area contributed by atoms with Crippen LogP contribution in [0.1, 0.15) is 5.69 Å². The fourth-order valence-corrected chi connectivity index (χ4v) is 1.98. The van der Waals surface area contributed by atoms with E-state index in [2.05, 4.69) is 10.5 Å². The summed E-state index contributed by atoms with van der Waals surface area (Å²) in [5.74, 6) is 0.716. The van der Waals surface area contributed by atoms with E-state index in [1.807, 2.05) is 5.38 Å². The van der Waals surface area contributed by atoms with Crippen molar-refractivity contribution in [1.29, 1.82) is 0 Å². The highest BCUT2D eigenvalue weighted by Gasteiger charge is 2.01. The van der Waals surface area contributed by atoms with E-state index in [1.54, 1.807) is 18.2 Å². The zero-order valence-corrected chi connectivity index (χ0v) is 10.6. The van der Waals surface area contributed by atoms with Crippen LogP contribution in [0.3, 0.4) is 0 Å². The number of halogens is 2. The first-order valence-corrected chi connectivity index (χ1v) is 6.27. The van der Waals surface area contributed by atoms with E-state index in [-0.39, 0.29) is 0 Å².